The van der Waals surface area contributed by atoms with Gasteiger partial charge in [0.2, 0.25) is 0 Å². The summed E-state index contributed by atoms with van der Waals surface area (Å²) in [5, 5.41) is 8.59. The molecule has 0 atom stereocenters. The average Bonchev–Trinajstić information content (AvgIpc) is 2.03. The normalized spacial score (nSPS) is 10.5. The highest BCUT2D eigenvalue weighted by molar-refractivity contribution is 6.13. The fourth-order valence-electron chi connectivity index (χ4n) is 0.587. The first kappa shape index (κ1) is 11.4. The Bertz CT molecular complexity index is 269. The molecule has 0 fully saturated rings. The lowest BCUT2D eigenvalue weighted by atomic mass is 10.2. The van der Waals surface area contributed by atoms with Crippen molar-refractivity contribution in [3.05, 3.63) is 23.3 Å². The topological polar surface area (TPSA) is 63.6 Å². The lowest BCUT2D eigenvalue weighted by Crippen LogP contribution is -2.13. The third-order valence-corrected chi connectivity index (χ3v) is 1.22. The van der Waals surface area contributed by atoms with Gasteiger partial charge in [0.1, 0.15) is 5.57 Å². The zero-order valence-corrected chi connectivity index (χ0v) is 7.83. The average molecular weight is 184 g/mol. The van der Waals surface area contributed by atoms with Crippen molar-refractivity contribution >= 4 is 11.9 Å². The van der Waals surface area contributed by atoms with E-state index in [0.717, 1.165) is 12.7 Å². The van der Waals surface area contributed by atoms with Gasteiger partial charge in [-0.15, -0.1) is 0 Å². The van der Waals surface area contributed by atoms with E-state index in [2.05, 4.69) is 4.74 Å². The Morgan fingerprint density at radius 3 is 2.08 bits per heavy atom. The molecule has 0 aliphatic rings. The van der Waals surface area contributed by atoms with E-state index in [1.807, 2.05) is 0 Å². The third-order valence-electron chi connectivity index (χ3n) is 1.22. The molecule has 0 aliphatic carbocycles. The van der Waals surface area contributed by atoms with Gasteiger partial charge >= 0.3 is 11.9 Å². The number of hydrogen-bond acceptors (Lipinski definition) is 3. The van der Waals surface area contributed by atoms with Gasteiger partial charge in [-0.2, -0.15) is 0 Å². The summed E-state index contributed by atoms with van der Waals surface area (Å²) < 4.78 is 4.29. The highest BCUT2D eigenvalue weighted by atomic mass is 16.5. The molecule has 0 aromatic carbocycles. The maximum atomic E-state index is 10.9. The molecule has 0 aromatic rings. The van der Waals surface area contributed by atoms with Crippen molar-refractivity contribution in [2.75, 3.05) is 7.11 Å². The van der Waals surface area contributed by atoms with Crippen LogP contribution in [0.25, 0.3) is 0 Å². The van der Waals surface area contributed by atoms with Gasteiger partial charge in [0.05, 0.1) is 7.11 Å². The molecule has 0 aliphatic heterocycles. The highest BCUT2D eigenvalue weighted by Gasteiger charge is 2.16. The molecule has 0 heterocycles. The van der Waals surface area contributed by atoms with Gasteiger partial charge in [0, 0.05) is 0 Å². The van der Waals surface area contributed by atoms with Crippen LogP contribution in [0.5, 0.6) is 0 Å². The fraction of sp³-hybridized carbons (Fsp3) is 0.333. The zero-order valence-electron chi connectivity index (χ0n) is 7.83. The van der Waals surface area contributed by atoms with E-state index >= 15 is 0 Å². The van der Waals surface area contributed by atoms with Gasteiger partial charge < -0.3 is 9.84 Å². The molecule has 0 saturated carbocycles. The van der Waals surface area contributed by atoms with Gasteiger partial charge in [-0.05, 0) is 19.9 Å². The summed E-state index contributed by atoms with van der Waals surface area (Å²) in [5.74, 6) is -2.13. The summed E-state index contributed by atoms with van der Waals surface area (Å²) in [6, 6.07) is 0. The van der Waals surface area contributed by atoms with E-state index < -0.39 is 11.9 Å². The van der Waals surface area contributed by atoms with Gasteiger partial charge in [-0.3, -0.25) is 0 Å². The molecular weight excluding hydrogens is 172 g/mol. The number of aliphatic carboxylic acids is 1. The Hall–Kier alpha value is -1.58. The summed E-state index contributed by atoms with van der Waals surface area (Å²) in [5.41, 5.74) is 0.534. The molecule has 0 bridgehead atoms. The van der Waals surface area contributed by atoms with Crippen molar-refractivity contribution in [2.24, 2.45) is 0 Å². The van der Waals surface area contributed by atoms with Crippen LogP contribution < -0.4 is 0 Å². The fourth-order valence-corrected chi connectivity index (χ4v) is 0.587. The Kier molecular flexibility index (Phi) is 4.51. The number of hydrogen-bond donors (Lipinski definition) is 1. The van der Waals surface area contributed by atoms with E-state index in [-0.39, 0.29) is 5.57 Å². The third kappa shape index (κ3) is 4.10. The molecule has 0 saturated heterocycles. The Morgan fingerprint density at radius 2 is 1.77 bits per heavy atom. The van der Waals surface area contributed by atoms with E-state index in [4.69, 9.17) is 5.11 Å². The van der Waals surface area contributed by atoms with E-state index in [1.54, 1.807) is 19.9 Å². The first-order valence-electron chi connectivity index (χ1n) is 3.65. The Morgan fingerprint density at radius 1 is 1.23 bits per heavy atom. The summed E-state index contributed by atoms with van der Waals surface area (Å²) >= 11 is 0. The second-order valence-corrected chi connectivity index (χ2v) is 2.62. The number of methoxy groups -OCH3 is 1. The molecule has 13 heavy (non-hydrogen) atoms. The number of esters is 1. The molecule has 0 amide bonds. The van der Waals surface area contributed by atoms with Crippen LogP contribution in [-0.4, -0.2) is 24.2 Å². The summed E-state index contributed by atoms with van der Waals surface area (Å²) in [7, 11) is 1.14. The van der Waals surface area contributed by atoms with Crippen molar-refractivity contribution < 1.29 is 19.4 Å². The van der Waals surface area contributed by atoms with Crippen molar-refractivity contribution in [3.63, 3.8) is 0 Å². The summed E-state index contributed by atoms with van der Waals surface area (Å²) in [6.07, 6.45) is 2.77. The van der Waals surface area contributed by atoms with E-state index in [0.29, 0.717) is 0 Å². The van der Waals surface area contributed by atoms with Crippen molar-refractivity contribution in [2.45, 2.75) is 13.8 Å². The summed E-state index contributed by atoms with van der Waals surface area (Å²) in [6.45, 7) is 3.60. The van der Waals surface area contributed by atoms with E-state index in [1.165, 1.54) is 6.08 Å². The lowest BCUT2D eigenvalue weighted by Gasteiger charge is -1.97. The molecule has 0 spiro atoms. The van der Waals surface area contributed by atoms with Crippen molar-refractivity contribution in [1.29, 1.82) is 0 Å². The van der Waals surface area contributed by atoms with E-state index in [9.17, 15) is 9.59 Å². The summed E-state index contributed by atoms with van der Waals surface area (Å²) in [4.78, 5) is 21.4. The van der Waals surface area contributed by atoms with Crippen LogP contribution in [0.1, 0.15) is 13.8 Å². The standard InChI is InChI=1S/C9H12O4/c1-6(2)4-5-7(8(10)11)9(12)13-3/h4-5H,1-3H3,(H,10,11)/b7-5+. The number of carboxylic acids is 1. The van der Waals surface area contributed by atoms with Crippen molar-refractivity contribution in [3.8, 4) is 0 Å². The molecule has 72 valence electrons. The number of carbonyl (C=O) groups is 2. The van der Waals surface area contributed by atoms with Crippen LogP contribution in [0.3, 0.4) is 0 Å². The van der Waals surface area contributed by atoms with Crippen LogP contribution in [0, 0.1) is 0 Å². The zero-order chi connectivity index (χ0) is 10.4. The number of carbonyl (C=O) groups excluding carboxylic acids is 1. The van der Waals surface area contributed by atoms with Gasteiger partial charge in [-0.25, -0.2) is 9.59 Å². The minimum Gasteiger partial charge on any atom is -0.477 e. The molecule has 4 nitrogen and oxygen atoms in total. The van der Waals surface area contributed by atoms with Gasteiger partial charge in [-0.1, -0.05) is 11.6 Å². The molecule has 1 N–H and O–H groups in total. The SMILES string of the molecule is COC(=O)/C(=C/C=C(C)C)C(=O)O. The molecule has 0 aromatic heterocycles. The van der Waals surface area contributed by atoms with Gasteiger partial charge in [0.15, 0.2) is 0 Å². The second-order valence-electron chi connectivity index (χ2n) is 2.62. The Labute approximate surface area is 76.5 Å². The van der Waals surface area contributed by atoms with Crippen LogP contribution >= 0.6 is 0 Å². The minimum atomic E-state index is -1.29. The molecular formula is C9H12O4. The lowest BCUT2D eigenvalue weighted by molar-refractivity contribution is -0.142. The monoisotopic (exact) mass is 184 g/mol. The maximum Gasteiger partial charge on any atom is 0.345 e. The number of rotatable bonds is 3. The highest BCUT2D eigenvalue weighted by Crippen LogP contribution is 2.00. The number of allylic oxidation sites excluding steroid dienone is 3. The largest absolute Gasteiger partial charge is 0.477 e. The van der Waals surface area contributed by atoms with Gasteiger partial charge in [0.25, 0.3) is 0 Å². The smallest absolute Gasteiger partial charge is 0.345 e. The minimum absolute atomic E-state index is 0.372. The Balaban J connectivity index is 4.82. The van der Waals surface area contributed by atoms with Crippen LogP contribution in [0.2, 0.25) is 0 Å². The maximum absolute atomic E-state index is 10.9. The van der Waals surface area contributed by atoms with Crippen LogP contribution in [0.15, 0.2) is 23.3 Å². The second kappa shape index (κ2) is 5.13. The molecule has 0 rings (SSSR count). The predicted molar refractivity (Wildman–Crippen MR) is 47.2 cm³/mol. The van der Waals surface area contributed by atoms with Crippen LogP contribution in [-0.2, 0) is 14.3 Å². The number of ether oxygens (including phenoxy) is 1. The molecule has 0 radical (unpaired) electrons. The van der Waals surface area contributed by atoms with Crippen molar-refractivity contribution in [1.82, 2.24) is 0 Å². The number of carboxylic acid groups (broad SMARTS) is 1. The van der Waals surface area contributed by atoms with Crippen LogP contribution in [0.4, 0.5) is 0 Å². The quantitative estimate of drug-likeness (QED) is 0.235. The molecule has 4 heteroatoms. The first-order chi connectivity index (χ1) is 5.99. The first-order valence-corrected chi connectivity index (χ1v) is 3.65. The molecule has 0 unspecified atom stereocenters. The predicted octanol–water partition coefficient (Wildman–Crippen LogP) is 1.14.